The smallest absolute Gasteiger partial charge is 0.243 e. The van der Waals surface area contributed by atoms with Crippen LogP contribution in [0.25, 0.3) is 0 Å². The van der Waals surface area contributed by atoms with E-state index in [4.69, 9.17) is 0 Å². The van der Waals surface area contributed by atoms with E-state index >= 15 is 0 Å². The maximum Gasteiger partial charge on any atom is 0.243 e. The first-order valence-electron chi connectivity index (χ1n) is 9.34. The van der Waals surface area contributed by atoms with E-state index in [9.17, 15) is 4.79 Å². The topological polar surface area (TPSA) is 74.5 Å². The van der Waals surface area contributed by atoms with Crippen LogP contribution in [0, 0.1) is 11.8 Å². The van der Waals surface area contributed by atoms with Gasteiger partial charge in [0.25, 0.3) is 0 Å². The van der Waals surface area contributed by atoms with Crippen molar-refractivity contribution in [1.29, 1.82) is 0 Å². The zero-order valence-electron chi connectivity index (χ0n) is 15.3. The number of aromatic nitrogens is 2. The Kier molecular flexibility index (Phi) is 5.94. The lowest BCUT2D eigenvalue weighted by atomic mass is 9.95. The van der Waals surface area contributed by atoms with Crippen LogP contribution in [0.4, 0.5) is 0 Å². The van der Waals surface area contributed by atoms with Gasteiger partial charge in [-0.1, -0.05) is 6.42 Å². The summed E-state index contributed by atoms with van der Waals surface area (Å²) in [6, 6.07) is 2.44. The Balaban J connectivity index is 1.50. The van der Waals surface area contributed by atoms with Crippen LogP contribution in [0.1, 0.15) is 32.1 Å². The lowest BCUT2D eigenvalue weighted by Gasteiger charge is -2.25. The second kappa shape index (κ2) is 8.36. The monoisotopic (exact) mass is 346 g/mol. The third-order valence-electron chi connectivity index (χ3n) is 5.35. The molecule has 7 nitrogen and oxygen atoms in total. The highest BCUT2D eigenvalue weighted by Gasteiger charge is 2.39. The first-order chi connectivity index (χ1) is 12.1. The SMILES string of the molecule is CN(C)C(=O)CN=C(NCCCn1cccn1)NC1CC2CCC1C2. The molecule has 25 heavy (non-hydrogen) atoms. The van der Waals surface area contributed by atoms with Crippen LogP contribution in [0.3, 0.4) is 0 Å². The predicted molar refractivity (Wildman–Crippen MR) is 98.2 cm³/mol. The molecule has 7 heteroatoms. The number of amides is 1. The average molecular weight is 346 g/mol. The minimum Gasteiger partial charge on any atom is -0.356 e. The summed E-state index contributed by atoms with van der Waals surface area (Å²) in [5, 5.41) is 11.2. The fraction of sp³-hybridized carbons (Fsp3) is 0.722. The number of fused-ring (bicyclic) bond motifs is 2. The minimum absolute atomic E-state index is 0.0191. The van der Waals surface area contributed by atoms with E-state index < -0.39 is 0 Å². The molecule has 2 fully saturated rings. The third kappa shape index (κ3) is 4.96. The second-order valence-corrected chi connectivity index (χ2v) is 7.43. The summed E-state index contributed by atoms with van der Waals surface area (Å²) < 4.78 is 1.93. The van der Waals surface area contributed by atoms with Crippen LogP contribution in [-0.4, -0.2) is 59.8 Å². The summed E-state index contributed by atoms with van der Waals surface area (Å²) in [7, 11) is 3.52. The van der Waals surface area contributed by atoms with Crippen molar-refractivity contribution in [1.82, 2.24) is 25.3 Å². The highest BCUT2D eigenvalue weighted by Crippen LogP contribution is 2.44. The molecule has 1 aromatic rings. The Labute approximate surface area is 149 Å². The van der Waals surface area contributed by atoms with Gasteiger partial charge in [0.05, 0.1) is 0 Å². The van der Waals surface area contributed by atoms with E-state index in [1.807, 2.05) is 16.9 Å². The zero-order chi connectivity index (χ0) is 17.6. The molecule has 1 aromatic heterocycles. The number of nitrogens with zero attached hydrogens (tertiary/aromatic N) is 4. The Morgan fingerprint density at radius 1 is 1.36 bits per heavy atom. The fourth-order valence-corrected chi connectivity index (χ4v) is 3.92. The van der Waals surface area contributed by atoms with Crippen molar-refractivity contribution in [3.05, 3.63) is 18.5 Å². The summed E-state index contributed by atoms with van der Waals surface area (Å²) in [5.41, 5.74) is 0. The first-order valence-corrected chi connectivity index (χ1v) is 9.34. The van der Waals surface area contributed by atoms with Gasteiger partial charge in [-0.05, 0) is 43.6 Å². The Morgan fingerprint density at radius 2 is 2.24 bits per heavy atom. The van der Waals surface area contributed by atoms with E-state index in [0.717, 1.165) is 37.3 Å². The standard InChI is InChI=1S/C18H30N6O/c1-23(2)17(25)13-20-18(19-7-3-9-24-10-4-8-21-24)22-16-12-14-5-6-15(16)11-14/h4,8,10,14-16H,3,5-7,9,11-13H2,1-2H3,(H2,19,20,22). The Hall–Kier alpha value is -2.05. The predicted octanol–water partition coefficient (Wildman–Crippen LogP) is 1.09. The highest BCUT2D eigenvalue weighted by molar-refractivity contribution is 5.85. The molecule has 3 atom stereocenters. The van der Waals surface area contributed by atoms with Gasteiger partial charge >= 0.3 is 0 Å². The summed E-state index contributed by atoms with van der Waals surface area (Å²) in [5.74, 6) is 2.44. The first kappa shape index (κ1) is 17.8. The zero-order valence-corrected chi connectivity index (χ0v) is 15.3. The molecule has 138 valence electrons. The third-order valence-corrected chi connectivity index (χ3v) is 5.35. The molecular weight excluding hydrogens is 316 g/mol. The average Bonchev–Trinajstić information content (AvgIpc) is 3.33. The fourth-order valence-electron chi connectivity index (χ4n) is 3.92. The number of carbonyl (C=O) groups is 1. The molecule has 3 unspecified atom stereocenters. The van der Waals surface area contributed by atoms with Gasteiger partial charge in [0.2, 0.25) is 5.91 Å². The molecule has 2 N–H and O–H groups in total. The van der Waals surface area contributed by atoms with Gasteiger partial charge in [-0.15, -0.1) is 0 Å². The number of aliphatic imine (C=N–C) groups is 1. The number of hydrogen-bond acceptors (Lipinski definition) is 3. The van der Waals surface area contributed by atoms with Crippen molar-refractivity contribution in [3.63, 3.8) is 0 Å². The second-order valence-electron chi connectivity index (χ2n) is 7.43. The van der Waals surface area contributed by atoms with Gasteiger partial charge in [0.15, 0.2) is 5.96 Å². The number of aryl methyl sites for hydroxylation is 1. The maximum absolute atomic E-state index is 11.8. The van der Waals surface area contributed by atoms with Gasteiger partial charge < -0.3 is 15.5 Å². The molecule has 2 aliphatic carbocycles. The molecule has 0 spiro atoms. The summed E-state index contributed by atoms with van der Waals surface area (Å²) in [6.07, 6.45) is 10.0. The molecule has 0 aromatic carbocycles. The van der Waals surface area contributed by atoms with Gasteiger partial charge in [-0.3, -0.25) is 9.48 Å². The van der Waals surface area contributed by atoms with Crippen LogP contribution >= 0.6 is 0 Å². The lowest BCUT2D eigenvalue weighted by Crippen LogP contribution is -2.46. The van der Waals surface area contributed by atoms with Crippen molar-refractivity contribution >= 4 is 11.9 Å². The lowest BCUT2D eigenvalue weighted by molar-refractivity contribution is -0.127. The molecule has 2 saturated carbocycles. The molecule has 2 bridgehead atoms. The van der Waals surface area contributed by atoms with Crippen LogP contribution in [0.2, 0.25) is 0 Å². The molecule has 0 aliphatic heterocycles. The van der Waals surface area contributed by atoms with Crippen molar-refractivity contribution in [2.75, 3.05) is 27.2 Å². The van der Waals surface area contributed by atoms with E-state index in [-0.39, 0.29) is 12.5 Å². The van der Waals surface area contributed by atoms with Crippen LogP contribution in [0.15, 0.2) is 23.5 Å². The van der Waals surface area contributed by atoms with Crippen LogP contribution in [-0.2, 0) is 11.3 Å². The van der Waals surface area contributed by atoms with E-state index in [2.05, 4.69) is 20.7 Å². The molecule has 0 radical (unpaired) electrons. The molecule has 2 aliphatic rings. The quantitative estimate of drug-likeness (QED) is 0.440. The van der Waals surface area contributed by atoms with E-state index in [1.54, 1.807) is 25.2 Å². The van der Waals surface area contributed by atoms with Crippen molar-refractivity contribution in [3.8, 4) is 0 Å². The van der Waals surface area contributed by atoms with Crippen molar-refractivity contribution in [2.45, 2.75) is 44.7 Å². The number of nitrogens with one attached hydrogen (secondary N) is 2. The van der Waals surface area contributed by atoms with Crippen molar-refractivity contribution in [2.24, 2.45) is 16.8 Å². The number of carbonyl (C=O) groups excluding carboxylic acids is 1. The number of rotatable bonds is 7. The summed E-state index contributed by atoms with van der Waals surface area (Å²) in [6.45, 7) is 1.86. The summed E-state index contributed by atoms with van der Waals surface area (Å²) >= 11 is 0. The molecule has 0 saturated heterocycles. The summed E-state index contributed by atoms with van der Waals surface area (Å²) in [4.78, 5) is 17.9. The number of guanidine groups is 1. The molecule has 1 amide bonds. The van der Waals surface area contributed by atoms with Gasteiger partial charge in [-0.2, -0.15) is 5.10 Å². The molecule has 3 rings (SSSR count). The largest absolute Gasteiger partial charge is 0.356 e. The normalized spacial score (nSPS) is 25.2. The molecular formula is C18H30N6O. The van der Waals surface area contributed by atoms with E-state index in [1.165, 1.54) is 25.7 Å². The minimum atomic E-state index is 0.0191. The Morgan fingerprint density at radius 3 is 2.88 bits per heavy atom. The van der Waals surface area contributed by atoms with Gasteiger partial charge in [0.1, 0.15) is 6.54 Å². The molecule has 1 heterocycles. The van der Waals surface area contributed by atoms with Gasteiger partial charge in [0, 0.05) is 45.6 Å². The van der Waals surface area contributed by atoms with Gasteiger partial charge in [-0.25, -0.2) is 4.99 Å². The van der Waals surface area contributed by atoms with E-state index in [0.29, 0.717) is 6.04 Å². The highest BCUT2D eigenvalue weighted by atomic mass is 16.2. The number of hydrogen-bond donors (Lipinski definition) is 2. The number of likely N-dealkylation sites (N-methyl/N-ethyl adjacent to an activating group) is 1. The Bertz CT molecular complexity index is 582. The van der Waals surface area contributed by atoms with Crippen LogP contribution in [0.5, 0.6) is 0 Å². The maximum atomic E-state index is 11.8. The van der Waals surface area contributed by atoms with Crippen LogP contribution < -0.4 is 10.6 Å². The van der Waals surface area contributed by atoms with Crippen molar-refractivity contribution < 1.29 is 4.79 Å².